The molecule has 5 heteroatoms. The molecule has 2 N–H and O–H groups in total. The fourth-order valence-electron chi connectivity index (χ4n) is 0.683. The monoisotopic (exact) mass is 159 g/mol. The van der Waals surface area contributed by atoms with Crippen LogP contribution < -0.4 is 5.32 Å². The first-order valence-electron chi connectivity index (χ1n) is 2.97. The highest BCUT2D eigenvalue weighted by atomic mass is 16.2. The van der Waals surface area contributed by atoms with Gasteiger partial charge >= 0.3 is 0 Å². The molecule has 1 heterocycles. The van der Waals surface area contributed by atoms with Crippen LogP contribution in [0.4, 0.5) is 0 Å². The molecule has 62 valence electrons. The lowest BCUT2D eigenvalue weighted by Crippen LogP contribution is -2.22. The number of imide groups is 1. The second kappa shape index (κ2) is 4.56. The van der Waals surface area contributed by atoms with Gasteiger partial charge in [-0.2, -0.15) is 0 Å². The molecule has 0 spiro atoms. The summed E-state index contributed by atoms with van der Waals surface area (Å²) in [4.78, 5) is 30.7. The van der Waals surface area contributed by atoms with Crippen molar-refractivity contribution in [3.8, 4) is 0 Å². The van der Waals surface area contributed by atoms with E-state index in [4.69, 9.17) is 5.11 Å². The Bertz CT molecular complexity index is 177. The van der Waals surface area contributed by atoms with E-state index in [-0.39, 0.29) is 12.3 Å². The minimum atomic E-state index is -0.738. The van der Waals surface area contributed by atoms with E-state index in [1.54, 1.807) is 0 Å². The zero-order valence-corrected chi connectivity index (χ0v) is 6.03. The summed E-state index contributed by atoms with van der Waals surface area (Å²) in [7, 11) is 1.00. The van der Waals surface area contributed by atoms with Crippen molar-refractivity contribution in [2.75, 3.05) is 7.11 Å². The van der Waals surface area contributed by atoms with Gasteiger partial charge < -0.3 is 9.90 Å². The molecular formula is C6H9NO4. The third-order valence-corrected chi connectivity index (χ3v) is 1.17. The van der Waals surface area contributed by atoms with E-state index in [2.05, 4.69) is 0 Å². The lowest BCUT2D eigenvalue weighted by Gasteiger charge is -1.87. The molecule has 1 rings (SSSR count). The highest BCUT2D eigenvalue weighted by Crippen LogP contribution is 2.05. The fraction of sp³-hybridized carbons (Fsp3) is 0.500. The Morgan fingerprint density at radius 3 is 2.27 bits per heavy atom. The molecule has 1 atom stereocenters. The van der Waals surface area contributed by atoms with Crippen LogP contribution in [0, 0.1) is 5.92 Å². The number of hydrogen-bond donors (Lipinski definition) is 2. The summed E-state index contributed by atoms with van der Waals surface area (Å²) in [6.07, 6.45) is 0.503. The maximum atomic E-state index is 10.5. The van der Waals surface area contributed by atoms with E-state index < -0.39 is 11.8 Å². The molecule has 5 nitrogen and oxygen atoms in total. The highest BCUT2D eigenvalue weighted by molar-refractivity contribution is 6.09. The molecule has 0 aliphatic carbocycles. The van der Waals surface area contributed by atoms with E-state index >= 15 is 0 Å². The molecule has 2 amide bonds. The van der Waals surface area contributed by atoms with Crippen LogP contribution in [0.15, 0.2) is 0 Å². The minimum absolute atomic E-state index is 0.0162. The van der Waals surface area contributed by atoms with Gasteiger partial charge in [0.15, 0.2) is 0 Å². The van der Waals surface area contributed by atoms with Gasteiger partial charge in [-0.15, -0.1) is 0 Å². The Morgan fingerprint density at radius 2 is 2.09 bits per heavy atom. The van der Waals surface area contributed by atoms with Crippen LogP contribution in [0.2, 0.25) is 0 Å². The van der Waals surface area contributed by atoms with Gasteiger partial charge in [0.25, 0.3) is 0 Å². The topological polar surface area (TPSA) is 83.5 Å². The van der Waals surface area contributed by atoms with Crippen LogP contribution >= 0.6 is 0 Å². The average Bonchev–Trinajstić information content (AvgIpc) is 2.33. The first-order valence-corrected chi connectivity index (χ1v) is 2.97. The second-order valence-electron chi connectivity index (χ2n) is 1.86. The molecule has 0 saturated carbocycles. The number of carbonyl (C=O) groups is 3. The number of hydrogen-bond acceptors (Lipinski definition) is 4. The van der Waals surface area contributed by atoms with Crippen molar-refractivity contribution >= 4 is 18.1 Å². The first-order chi connectivity index (χ1) is 5.24. The molecule has 0 bridgehead atoms. The Hall–Kier alpha value is -1.23. The third kappa shape index (κ3) is 2.46. The number of aliphatic hydroxyl groups is 1. The molecule has 1 saturated heterocycles. The smallest absolute Gasteiger partial charge is 0.237 e. The van der Waals surface area contributed by atoms with Crippen LogP contribution in [0.3, 0.4) is 0 Å². The van der Waals surface area contributed by atoms with Crippen molar-refractivity contribution < 1.29 is 19.5 Å². The van der Waals surface area contributed by atoms with Crippen LogP contribution in [0.1, 0.15) is 6.42 Å². The largest absolute Gasteiger partial charge is 0.400 e. The van der Waals surface area contributed by atoms with Crippen LogP contribution in [-0.2, 0) is 14.4 Å². The Labute approximate surface area is 63.4 Å². The Kier molecular flexibility index (Phi) is 4.05. The first kappa shape index (κ1) is 9.77. The van der Waals surface area contributed by atoms with Crippen LogP contribution in [0.5, 0.6) is 0 Å². The lowest BCUT2D eigenvalue weighted by atomic mass is 10.1. The Balaban J connectivity index is 0.000000461. The maximum absolute atomic E-state index is 10.5. The molecule has 0 aromatic heterocycles. The number of nitrogens with one attached hydrogen (secondary N) is 1. The summed E-state index contributed by atoms with van der Waals surface area (Å²) in [6.45, 7) is 0. The summed E-state index contributed by atoms with van der Waals surface area (Å²) < 4.78 is 0. The summed E-state index contributed by atoms with van der Waals surface area (Å²) in [5.41, 5.74) is 0. The van der Waals surface area contributed by atoms with E-state index in [9.17, 15) is 14.4 Å². The number of carbonyl (C=O) groups excluding carboxylic acids is 3. The van der Waals surface area contributed by atoms with Gasteiger partial charge in [0.05, 0.1) is 0 Å². The molecule has 0 aromatic rings. The van der Waals surface area contributed by atoms with Crippen molar-refractivity contribution in [3.63, 3.8) is 0 Å². The molecular weight excluding hydrogens is 150 g/mol. The molecule has 1 aliphatic heterocycles. The highest BCUT2D eigenvalue weighted by Gasteiger charge is 2.29. The number of aldehydes is 1. The maximum Gasteiger partial charge on any atom is 0.237 e. The van der Waals surface area contributed by atoms with Crippen molar-refractivity contribution in [1.82, 2.24) is 5.32 Å². The summed E-state index contributed by atoms with van der Waals surface area (Å²) in [5, 5.41) is 9.01. The molecule has 1 fully saturated rings. The summed E-state index contributed by atoms with van der Waals surface area (Å²) in [5.74, 6) is -1.58. The van der Waals surface area contributed by atoms with Crippen molar-refractivity contribution in [2.45, 2.75) is 6.42 Å². The predicted octanol–water partition coefficient (Wildman–Crippen LogP) is -1.54. The summed E-state index contributed by atoms with van der Waals surface area (Å²) >= 11 is 0. The van der Waals surface area contributed by atoms with Gasteiger partial charge in [0.2, 0.25) is 11.8 Å². The lowest BCUT2D eigenvalue weighted by molar-refractivity contribution is -0.127. The van der Waals surface area contributed by atoms with Crippen molar-refractivity contribution in [1.29, 1.82) is 0 Å². The van der Waals surface area contributed by atoms with E-state index in [0.29, 0.717) is 6.29 Å². The second-order valence-corrected chi connectivity index (χ2v) is 1.86. The third-order valence-electron chi connectivity index (χ3n) is 1.17. The Morgan fingerprint density at radius 1 is 1.55 bits per heavy atom. The van der Waals surface area contributed by atoms with Crippen LogP contribution in [0.25, 0.3) is 0 Å². The SMILES string of the molecule is CO.O=CC1CC(=O)NC1=O. The van der Waals surface area contributed by atoms with Gasteiger partial charge in [-0.05, 0) is 0 Å². The van der Waals surface area contributed by atoms with E-state index in [0.717, 1.165) is 7.11 Å². The van der Waals surface area contributed by atoms with Gasteiger partial charge in [0, 0.05) is 13.5 Å². The average molecular weight is 159 g/mol. The van der Waals surface area contributed by atoms with Gasteiger partial charge in [-0.25, -0.2) is 0 Å². The fourth-order valence-corrected chi connectivity index (χ4v) is 0.683. The van der Waals surface area contributed by atoms with Gasteiger partial charge in [0.1, 0.15) is 12.2 Å². The molecule has 11 heavy (non-hydrogen) atoms. The predicted molar refractivity (Wildman–Crippen MR) is 35.5 cm³/mol. The zero-order valence-electron chi connectivity index (χ0n) is 6.03. The van der Waals surface area contributed by atoms with Crippen molar-refractivity contribution in [2.24, 2.45) is 5.92 Å². The van der Waals surface area contributed by atoms with E-state index in [1.165, 1.54) is 0 Å². The molecule has 1 aliphatic rings. The molecule has 1 unspecified atom stereocenters. The van der Waals surface area contributed by atoms with Gasteiger partial charge in [-0.1, -0.05) is 0 Å². The summed E-state index contributed by atoms with van der Waals surface area (Å²) in [6, 6.07) is 0. The minimum Gasteiger partial charge on any atom is -0.400 e. The molecule has 0 radical (unpaired) electrons. The van der Waals surface area contributed by atoms with E-state index in [1.807, 2.05) is 5.32 Å². The number of amides is 2. The normalized spacial score (nSPS) is 21.8. The van der Waals surface area contributed by atoms with Crippen molar-refractivity contribution in [3.05, 3.63) is 0 Å². The van der Waals surface area contributed by atoms with Crippen LogP contribution in [-0.4, -0.2) is 30.3 Å². The zero-order chi connectivity index (χ0) is 8.85. The number of rotatable bonds is 1. The number of aliphatic hydroxyl groups excluding tert-OH is 1. The van der Waals surface area contributed by atoms with Gasteiger partial charge in [-0.3, -0.25) is 14.9 Å². The molecule has 0 aromatic carbocycles. The standard InChI is InChI=1S/C5H5NO3.CH4O/c7-2-3-1-4(8)6-5(3)9;1-2/h2-3H,1H2,(H,6,8,9);2H,1H3. The quantitative estimate of drug-likeness (QED) is 0.276.